The zero-order valence-corrected chi connectivity index (χ0v) is 12.2. The normalized spacial score (nSPS) is 16.0. The number of aryl methyl sites for hydroxylation is 1. The fourth-order valence-electron chi connectivity index (χ4n) is 2.07. The Bertz CT molecular complexity index is 761. The van der Waals surface area contributed by atoms with E-state index in [1.54, 1.807) is 12.1 Å². The summed E-state index contributed by atoms with van der Waals surface area (Å²) in [6.07, 6.45) is 1.76. The summed E-state index contributed by atoms with van der Waals surface area (Å²) in [6, 6.07) is 15.2. The number of carbonyl (C=O) groups is 1. The van der Waals surface area contributed by atoms with Crippen molar-refractivity contribution in [2.45, 2.75) is 6.92 Å². The van der Waals surface area contributed by atoms with Gasteiger partial charge in [-0.05, 0) is 30.7 Å². The van der Waals surface area contributed by atoms with Crippen LogP contribution < -0.4 is 5.32 Å². The van der Waals surface area contributed by atoms with Gasteiger partial charge in [0.25, 0.3) is 5.91 Å². The van der Waals surface area contributed by atoms with E-state index < -0.39 is 0 Å². The van der Waals surface area contributed by atoms with Crippen LogP contribution in [0.2, 0.25) is 5.02 Å². The molecule has 0 fully saturated rings. The maximum Gasteiger partial charge on any atom is 0.275 e. The summed E-state index contributed by atoms with van der Waals surface area (Å²) < 4.78 is 0. The molecule has 0 radical (unpaired) electrons. The van der Waals surface area contributed by atoms with E-state index in [2.05, 4.69) is 10.3 Å². The average Bonchev–Trinajstić information content (AvgIpc) is 2.83. The summed E-state index contributed by atoms with van der Waals surface area (Å²) in [4.78, 5) is 16.4. The lowest BCUT2D eigenvalue weighted by atomic mass is 10.1. The smallest absolute Gasteiger partial charge is 0.275 e. The lowest BCUT2D eigenvalue weighted by molar-refractivity contribution is -0.115. The van der Waals surface area contributed by atoms with Crippen molar-refractivity contribution in [3.05, 3.63) is 75.9 Å². The van der Waals surface area contributed by atoms with E-state index in [4.69, 9.17) is 11.6 Å². The summed E-state index contributed by atoms with van der Waals surface area (Å²) >= 11 is 6.13. The quantitative estimate of drug-likeness (QED) is 0.846. The number of halogens is 1. The van der Waals surface area contributed by atoms with Gasteiger partial charge in [0.15, 0.2) is 0 Å². The maximum absolute atomic E-state index is 12.0. The summed E-state index contributed by atoms with van der Waals surface area (Å²) in [5.74, 6) is 0.273. The number of nitrogens with one attached hydrogen (secondary N) is 1. The lowest BCUT2D eigenvalue weighted by Gasteiger charge is -2.01. The van der Waals surface area contributed by atoms with E-state index >= 15 is 0 Å². The molecule has 0 spiro atoms. The molecule has 21 heavy (non-hydrogen) atoms. The van der Waals surface area contributed by atoms with Gasteiger partial charge >= 0.3 is 0 Å². The van der Waals surface area contributed by atoms with Gasteiger partial charge in [-0.1, -0.05) is 53.6 Å². The van der Waals surface area contributed by atoms with Gasteiger partial charge in [-0.2, -0.15) is 0 Å². The molecule has 0 aliphatic carbocycles. The highest BCUT2D eigenvalue weighted by Gasteiger charge is 2.22. The molecule has 0 saturated heterocycles. The third-order valence-corrected chi connectivity index (χ3v) is 3.54. The van der Waals surface area contributed by atoms with E-state index in [1.165, 1.54) is 5.56 Å². The van der Waals surface area contributed by atoms with Gasteiger partial charge in [-0.25, -0.2) is 4.99 Å². The molecular weight excluding hydrogens is 284 g/mol. The van der Waals surface area contributed by atoms with Gasteiger partial charge in [0, 0.05) is 5.56 Å². The minimum absolute atomic E-state index is 0.217. The van der Waals surface area contributed by atoms with Crippen molar-refractivity contribution in [1.82, 2.24) is 5.32 Å². The second-order valence-electron chi connectivity index (χ2n) is 4.83. The van der Waals surface area contributed by atoms with Gasteiger partial charge in [-0.3, -0.25) is 4.79 Å². The van der Waals surface area contributed by atoms with Crippen LogP contribution in [-0.4, -0.2) is 11.7 Å². The Balaban J connectivity index is 1.96. The van der Waals surface area contributed by atoms with Crippen molar-refractivity contribution in [2.24, 2.45) is 4.99 Å². The number of hydrogen-bond donors (Lipinski definition) is 1. The molecule has 1 aliphatic heterocycles. The third-order valence-electron chi connectivity index (χ3n) is 3.21. The summed E-state index contributed by atoms with van der Waals surface area (Å²) in [5, 5.41) is 3.31. The summed E-state index contributed by atoms with van der Waals surface area (Å²) in [6.45, 7) is 2.02. The first-order valence-electron chi connectivity index (χ1n) is 6.57. The molecule has 4 heteroatoms. The number of nitrogens with zero attached hydrogens (tertiary/aromatic N) is 1. The number of hydrogen-bond acceptors (Lipinski definition) is 2. The molecule has 3 nitrogen and oxygen atoms in total. The minimum atomic E-state index is -0.217. The van der Waals surface area contributed by atoms with Crippen LogP contribution >= 0.6 is 11.6 Å². The predicted molar refractivity (Wildman–Crippen MR) is 85.3 cm³/mol. The monoisotopic (exact) mass is 296 g/mol. The lowest BCUT2D eigenvalue weighted by Crippen LogP contribution is -2.24. The van der Waals surface area contributed by atoms with Gasteiger partial charge in [0.05, 0.1) is 5.02 Å². The Labute approximate surface area is 128 Å². The van der Waals surface area contributed by atoms with E-state index in [1.807, 2.05) is 49.4 Å². The van der Waals surface area contributed by atoms with Crippen molar-refractivity contribution >= 4 is 29.4 Å². The highest BCUT2D eigenvalue weighted by Crippen LogP contribution is 2.20. The maximum atomic E-state index is 12.0. The highest BCUT2D eigenvalue weighted by molar-refractivity contribution is 6.35. The Morgan fingerprint density at radius 2 is 1.81 bits per heavy atom. The second kappa shape index (κ2) is 5.54. The predicted octanol–water partition coefficient (Wildman–Crippen LogP) is 3.57. The Morgan fingerprint density at radius 3 is 2.52 bits per heavy atom. The standard InChI is InChI=1S/C17H13ClN2O/c1-11-6-8-12(9-7-11)10-15-17(21)20-16(19-15)13-4-2-3-5-14(13)18/h2-10H,1H3,(H,19,20,21)/b15-10+. The van der Waals surface area contributed by atoms with Crippen molar-refractivity contribution in [1.29, 1.82) is 0 Å². The Kier molecular flexibility index (Phi) is 3.59. The third kappa shape index (κ3) is 2.88. The summed E-state index contributed by atoms with van der Waals surface area (Å²) in [5.41, 5.74) is 3.22. The topological polar surface area (TPSA) is 41.5 Å². The van der Waals surface area contributed by atoms with Crippen molar-refractivity contribution in [3.63, 3.8) is 0 Å². The average molecular weight is 297 g/mol. The van der Waals surface area contributed by atoms with E-state index in [0.717, 1.165) is 11.1 Å². The molecule has 2 aromatic carbocycles. The van der Waals surface area contributed by atoms with Gasteiger partial charge in [0.2, 0.25) is 0 Å². The number of amides is 1. The van der Waals surface area contributed by atoms with Crippen LogP contribution in [0.15, 0.2) is 59.2 Å². The van der Waals surface area contributed by atoms with Crippen LogP contribution in [0.25, 0.3) is 6.08 Å². The number of amidine groups is 1. The van der Waals surface area contributed by atoms with Crippen LogP contribution in [0.5, 0.6) is 0 Å². The number of carbonyl (C=O) groups excluding carboxylic acids is 1. The van der Waals surface area contributed by atoms with E-state index in [-0.39, 0.29) is 5.91 Å². The molecule has 104 valence electrons. The van der Waals surface area contributed by atoms with E-state index in [9.17, 15) is 4.79 Å². The first kappa shape index (κ1) is 13.6. The second-order valence-corrected chi connectivity index (χ2v) is 5.24. The number of aliphatic imine (C=N–C) groups is 1. The molecular formula is C17H13ClN2O. The zero-order chi connectivity index (χ0) is 14.8. The molecule has 0 aromatic heterocycles. The fraction of sp³-hybridized carbons (Fsp3) is 0.0588. The largest absolute Gasteiger partial charge is 0.305 e. The van der Waals surface area contributed by atoms with Crippen LogP contribution in [0.3, 0.4) is 0 Å². The molecule has 3 rings (SSSR count). The zero-order valence-electron chi connectivity index (χ0n) is 11.4. The first-order valence-corrected chi connectivity index (χ1v) is 6.94. The van der Waals surface area contributed by atoms with Crippen LogP contribution in [0, 0.1) is 6.92 Å². The minimum Gasteiger partial charge on any atom is -0.305 e. The highest BCUT2D eigenvalue weighted by atomic mass is 35.5. The molecule has 1 amide bonds. The number of rotatable bonds is 2. The molecule has 0 bridgehead atoms. The van der Waals surface area contributed by atoms with Gasteiger partial charge in [-0.15, -0.1) is 0 Å². The van der Waals surface area contributed by atoms with Crippen LogP contribution in [0.4, 0.5) is 0 Å². The first-order chi connectivity index (χ1) is 10.1. The molecule has 2 aromatic rings. The van der Waals surface area contributed by atoms with Crippen molar-refractivity contribution < 1.29 is 4.79 Å². The molecule has 1 aliphatic rings. The molecule has 0 saturated carbocycles. The van der Waals surface area contributed by atoms with Gasteiger partial charge in [0.1, 0.15) is 11.5 Å². The Hall–Kier alpha value is -2.39. The number of benzene rings is 2. The molecule has 1 heterocycles. The molecule has 0 unspecified atom stereocenters. The SMILES string of the molecule is Cc1ccc(/C=C2/N=C(c3ccccc3Cl)NC2=O)cc1. The Morgan fingerprint density at radius 1 is 1.10 bits per heavy atom. The van der Waals surface area contributed by atoms with E-state index in [0.29, 0.717) is 16.6 Å². The summed E-state index contributed by atoms with van der Waals surface area (Å²) in [7, 11) is 0. The van der Waals surface area contributed by atoms with Gasteiger partial charge < -0.3 is 5.32 Å². The fourth-order valence-corrected chi connectivity index (χ4v) is 2.30. The van der Waals surface area contributed by atoms with Crippen LogP contribution in [0.1, 0.15) is 16.7 Å². The molecule has 1 N–H and O–H groups in total. The van der Waals surface area contributed by atoms with Crippen LogP contribution in [-0.2, 0) is 4.79 Å². The van der Waals surface area contributed by atoms with Crippen molar-refractivity contribution in [3.8, 4) is 0 Å². The van der Waals surface area contributed by atoms with Crippen molar-refractivity contribution in [2.75, 3.05) is 0 Å². The molecule has 0 atom stereocenters.